The van der Waals surface area contributed by atoms with Crippen molar-refractivity contribution in [3.63, 3.8) is 0 Å². The van der Waals surface area contributed by atoms with Crippen molar-refractivity contribution in [2.75, 3.05) is 18.2 Å². The molecule has 0 saturated heterocycles. The number of aromatic nitrogens is 1. The summed E-state index contributed by atoms with van der Waals surface area (Å²) in [6, 6.07) is 8.33. The second-order valence-corrected chi connectivity index (χ2v) is 3.76. The fourth-order valence-corrected chi connectivity index (χ4v) is 1.56. The average Bonchev–Trinajstić information content (AvgIpc) is 2.41. The van der Waals surface area contributed by atoms with Crippen LogP contribution in [0.4, 0.5) is 15.8 Å². The van der Waals surface area contributed by atoms with Gasteiger partial charge in [0.15, 0.2) is 0 Å². The minimum atomic E-state index is -0.424. The van der Waals surface area contributed by atoms with Crippen molar-refractivity contribution in [2.24, 2.45) is 0 Å². The normalized spacial score (nSPS) is 10.1. The molecule has 2 aromatic rings. The van der Waals surface area contributed by atoms with E-state index >= 15 is 0 Å². The lowest BCUT2D eigenvalue weighted by Crippen LogP contribution is -2.04. The van der Waals surface area contributed by atoms with Gasteiger partial charge in [0.1, 0.15) is 5.82 Å². The van der Waals surface area contributed by atoms with Gasteiger partial charge in [-0.05, 0) is 23.8 Å². The highest BCUT2D eigenvalue weighted by Gasteiger charge is 2.04. The lowest BCUT2D eigenvalue weighted by molar-refractivity contribution is 0.397. The molecule has 1 aromatic carbocycles. The third-order valence-electron chi connectivity index (χ3n) is 2.54. The Kier molecular flexibility index (Phi) is 3.62. The van der Waals surface area contributed by atoms with Gasteiger partial charge in [0.25, 0.3) is 0 Å². The molecule has 1 aromatic heterocycles. The van der Waals surface area contributed by atoms with Crippen LogP contribution in [0.5, 0.6) is 5.88 Å². The number of anilines is 2. The van der Waals surface area contributed by atoms with Crippen molar-refractivity contribution in [2.45, 2.75) is 6.54 Å². The van der Waals surface area contributed by atoms with E-state index in [1.54, 1.807) is 25.4 Å². The minimum Gasteiger partial charge on any atom is -0.481 e. The highest BCUT2D eigenvalue weighted by Crippen LogP contribution is 2.22. The molecular weight excluding hydrogens is 233 g/mol. The molecule has 0 aliphatic rings. The van der Waals surface area contributed by atoms with E-state index in [1.807, 2.05) is 12.1 Å². The summed E-state index contributed by atoms with van der Waals surface area (Å²) >= 11 is 0. The molecule has 94 valence electrons. The maximum atomic E-state index is 13.2. The molecule has 0 atom stereocenters. The number of hydrogen-bond acceptors (Lipinski definition) is 4. The Labute approximate surface area is 105 Å². The molecule has 0 aliphatic heterocycles. The summed E-state index contributed by atoms with van der Waals surface area (Å²) in [5.74, 6) is 0.119. The third-order valence-corrected chi connectivity index (χ3v) is 2.54. The number of nitrogens with zero attached hydrogens (tertiary/aromatic N) is 1. The zero-order valence-electron chi connectivity index (χ0n) is 9.98. The number of halogens is 1. The Morgan fingerprint density at radius 1 is 1.39 bits per heavy atom. The Morgan fingerprint density at radius 3 is 3.00 bits per heavy atom. The monoisotopic (exact) mass is 247 g/mol. The molecule has 18 heavy (non-hydrogen) atoms. The molecule has 0 saturated carbocycles. The molecule has 3 N–H and O–H groups in total. The number of pyridine rings is 1. The maximum Gasteiger partial charge on any atom is 0.213 e. The Morgan fingerprint density at radius 2 is 2.22 bits per heavy atom. The van der Waals surface area contributed by atoms with Crippen molar-refractivity contribution in [3.8, 4) is 5.88 Å². The summed E-state index contributed by atoms with van der Waals surface area (Å²) in [5.41, 5.74) is 7.30. The SMILES string of the molecule is COc1cc(CNc2cccc(F)c2N)ccn1. The number of rotatable bonds is 4. The number of para-hydroxylation sites is 1. The number of methoxy groups -OCH3 is 1. The van der Waals surface area contributed by atoms with E-state index in [4.69, 9.17) is 10.5 Å². The van der Waals surface area contributed by atoms with E-state index in [-0.39, 0.29) is 5.69 Å². The van der Waals surface area contributed by atoms with Crippen LogP contribution in [0.3, 0.4) is 0 Å². The molecule has 2 rings (SSSR count). The highest BCUT2D eigenvalue weighted by atomic mass is 19.1. The summed E-state index contributed by atoms with van der Waals surface area (Å²) in [7, 11) is 1.56. The third kappa shape index (κ3) is 2.68. The highest BCUT2D eigenvalue weighted by molar-refractivity contribution is 5.66. The van der Waals surface area contributed by atoms with E-state index < -0.39 is 5.82 Å². The van der Waals surface area contributed by atoms with Gasteiger partial charge in [0.05, 0.1) is 18.5 Å². The van der Waals surface area contributed by atoms with E-state index in [0.717, 1.165) is 5.56 Å². The second kappa shape index (κ2) is 5.35. The fraction of sp³-hybridized carbons (Fsp3) is 0.154. The second-order valence-electron chi connectivity index (χ2n) is 3.76. The summed E-state index contributed by atoms with van der Waals surface area (Å²) in [6.45, 7) is 0.520. The van der Waals surface area contributed by atoms with Gasteiger partial charge >= 0.3 is 0 Å². The topological polar surface area (TPSA) is 60.2 Å². The van der Waals surface area contributed by atoms with Crippen molar-refractivity contribution in [1.82, 2.24) is 4.98 Å². The molecule has 5 heteroatoms. The quantitative estimate of drug-likeness (QED) is 0.814. The van der Waals surface area contributed by atoms with Gasteiger partial charge in [-0.15, -0.1) is 0 Å². The average molecular weight is 247 g/mol. The van der Waals surface area contributed by atoms with Gasteiger partial charge < -0.3 is 15.8 Å². The first-order valence-corrected chi connectivity index (χ1v) is 5.47. The van der Waals surface area contributed by atoms with Crippen LogP contribution in [0.1, 0.15) is 5.56 Å². The molecule has 0 aliphatic carbocycles. The fourth-order valence-electron chi connectivity index (χ4n) is 1.56. The van der Waals surface area contributed by atoms with Crippen molar-refractivity contribution >= 4 is 11.4 Å². The summed E-state index contributed by atoms with van der Waals surface area (Å²) in [5, 5.41) is 3.07. The van der Waals surface area contributed by atoms with E-state index in [2.05, 4.69) is 10.3 Å². The van der Waals surface area contributed by atoms with Crippen molar-refractivity contribution in [1.29, 1.82) is 0 Å². The van der Waals surface area contributed by atoms with Crippen molar-refractivity contribution in [3.05, 3.63) is 47.9 Å². The number of nitrogen functional groups attached to an aromatic ring is 1. The van der Waals surface area contributed by atoms with Gasteiger partial charge in [0, 0.05) is 18.8 Å². The van der Waals surface area contributed by atoms with Crippen LogP contribution in [0.15, 0.2) is 36.5 Å². The zero-order chi connectivity index (χ0) is 13.0. The Balaban J connectivity index is 2.09. The van der Waals surface area contributed by atoms with Crippen LogP contribution < -0.4 is 15.8 Å². The van der Waals surface area contributed by atoms with Gasteiger partial charge in [-0.2, -0.15) is 0 Å². The number of nitrogens with one attached hydrogen (secondary N) is 1. The van der Waals surface area contributed by atoms with Gasteiger partial charge in [-0.3, -0.25) is 0 Å². The molecular formula is C13H14FN3O. The standard InChI is InChI=1S/C13H14FN3O/c1-18-12-7-9(5-6-16-12)8-17-11-4-2-3-10(14)13(11)15/h2-7,17H,8,15H2,1H3. The van der Waals surface area contributed by atoms with E-state index in [0.29, 0.717) is 18.1 Å². The van der Waals surface area contributed by atoms with Crippen molar-refractivity contribution < 1.29 is 9.13 Å². The summed E-state index contributed by atoms with van der Waals surface area (Å²) in [4.78, 5) is 4.01. The number of ether oxygens (including phenoxy) is 1. The minimum absolute atomic E-state index is 0.124. The van der Waals surface area contributed by atoms with Gasteiger partial charge in [-0.1, -0.05) is 6.07 Å². The first-order valence-electron chi connectivity index (χ1n) is 5.47. The molecule has 0 spiro atoms. The predicted molar refractivity (Wildman–Crippen MR) is 68.9 cm³/mol. The van der Waals surface area contributed by atoms with E-state index in [9.17, 15) is 4.39 Å². The smallest absolute Gasteiger partial charge is 0.213 e. The maximum absolute atomic E-state index is 13.2. The zero-order valence-corrected chi connectivity index (χ0v) is 9.98. The number of nitrogens with two attached hydrogens (primary N) is 1. The summed E-state index contributed by atoms with van der Waals surface area (Å²) < 4.78 is 18.3. The molecule has 0 unspecified atom stereocenters. The largest absolute Gasteiger partial charge is 0.481 e. The molecule has 0 fully saturated rings. The molecule has 4 nitrogen and oxygen atoms in total. The van der Waals surface area contributed by atoms with Crippen LogP contribution in [0.25, 0.3) is 0 Å². The Bertz CT molecular complexity index is 546. The van der Waals surface area contributed by atoms with Crippen LogP contribution in [0.2, 0.25) is 0 Å². The molecule has 1 heterocycles. The number of hydrogen-bond donors (Lipinski definition) is 2. The van der Waals surface area contributed by atoms with Crippen LogP contribution >= 0.6 is 0 Å². The molecule has 0 radical (unpaired) electrons. The lowest BCUT2D eigenvalue weighted by Gasteiger charge is -2.10. The van der Waals surface area contributed by atoms with Crippen LogP contribution in [0, 0.1) is 5.82 Å². The predicted octanol–water partition coefficient (Wildman–Crippen LogP) is 2.42. The van der Waals surface area contributed by atoms with Crippen LogP contribution in [-0.2, 0) is 6.54 Å². The van der Waals surface area contributed by atoms with E-state index in [1.165, 1.54) is 6.07 Å². The van der Waals surface area contributed by atoms with Gasteiger partial charge in [-0.25, -0.2) is 9.37 Å². The first kappa shape index (κ1) is 12.2. The molecule has 0 bridgehead atoms. The summed E-state index contributed by atoms with van der Waals surface area (Å²) in [6.07, 6.45) is 1.66. The Hall–Kier alpha value is -2.30. The number of benzene rings is 1. The van der Waals surface area contributed by atoms with Crippen LogP contribution in [-0.4, -0.2) is 12.1 Å². The molecule has 0 amide bonds. The first-order chi connectivity index (χ1) is 8.70. The van der Waals surface area contributed by atoms with Gasteiger partial charge in [0.2, 0.25) is 5.88 Å². The lowest BCUT2D eigenvalue weighted by atomic mass is 10.2.